The molecule has 1 aromatic carbocycles. The van der Waals surface area contributed by atoms with Crippen LogP contribution >= 0.6 is 0 Å². The van der Waals surface area contributed by atoms with Gasteiger partial charge in [-0.05, 0) is 24.6 Å². The van der Waals surface area contributed by atoms with E-state index >= 15 is 0 Å². The van der Waals surface area contributed by atoms with E-state index in [0.29, 0.717) is 17.3 Å². The zero-order valence-corrected chi connectivity index (χ0v) is 14.6. The van der Waals surface area contributed by atoms with E-state index in [4.69, 9.17) is 4.74 Å². The minimum atomic E-state index is -3.12. The molecule has 0 spiro atoms. The highest BCUT2D eigenvalue weighted by molar-refractivity contribution is 5.49. The van der Waals surface area contributed by atoms with Crippen molar-refractivity contribution in [3.8, 4) is 17.3 Å². The Kier molecular flexibility index (Phi) is 5.00. The fraction of sp³-hybridized carbons (Fsp3) is 0.278. The summed E-state index contributed by atoms with van der Waals surface area (Å²) in [4.78, 5) is 6.40. The third-order valence-corrected chi connectivity index (χ3v) is 4.24. The Bertz CT molecular complexity index is 962. The van der Waals surface area contributed by atoms with Crippen LogP contribution < -0.4 is 14.4 Å². The van der Waals surface area contributed by atoms with Gasteiger partial charge in [-0.25, -0.2) is 14.1 Å². The Balaban J connectivity index is 1.43. The molecule has 0 amide bonds. The number of benzene rings is 1. The smallest absolute Gasteiger partial charge is 0.387 e. The normalized spacial score (nSPS) is 13.5. The molecule has 28 heavy (non-hydrogen) atoms. The number of hydrogen-bond acceptors (Lipinski definition) is 6. The summed E-state index contributed by atoms with van der Waals surface area (Å²) in [5.74, 6) is -0.984. The molecule has 0 atom stereocenters. The van der Waals surface area contributed by atoms with Crippen molar-refractivity contribution in [2.24, 2.45) is 0 Å². The van der Waals surface area contributed by atoms with Gasteiger partial charge in [0.2, 0.25) is 5.88 Å². The molecule has 0 radical (unpaired) electrons. The highest BCUT2D eigenvalue weighted by Crippen LogP contribution is 2.24. The van der Waals surface area contributed by atoms with Crippen LogP contribution in [0, 0.1) is 5.82 Å². The summed E-state index contributed by atoms with van der Waals surface area (Å²) in [6, 6.07) is 7.31. The molecule has 1 aliphatic rings. The van der Waals surface area contributed by atoms with Crippen molar-refractivity contribution in [1.82, 2.24) is 20.0 Å². The summed E-state index contributed by atoms with van der Waals surface area (Å²) in [5, 5.41) is 7.88. The summed E-state index contributed by atoms with van der Waals surface area (Å²) < 4.78 is 49.4. The second-order valence-corrected chi connectivity index (χ2v) is 6.13. The van der Waals surface area contributed by atoms with E-state index in [1.54, 1.807) is 12.4 Å². The number of hydrogen-bond donors (Lipinski definition) is 0. The first-order valence-electron chi connectivity index (χ1n) is 8.58. The molecule has 2 aromatic heterocycles. The number of alkyl halides is 2. The van der Waals surface area contributed by atoms with Gasteiger partial charge in [0.25, 0.3) is 0 Å². The fourth-order valence-electron chi connectivity index (χ4n) is 2.71. The van der Waals surface area contributed by atoms with Crippen molar-refractivity contribution < 1.29 is 22.6 Å². The lowest BCUT2D eigenvalue weighted by Crippen LogP contribution is -2.36. The van der Waals surface area contributed by atoms with Gasteiger partial charge in [-0.15, -0.1) is 5.10 Å². The topological polar surface area (TPSA) is 65.3 Å². The third kappa shape index (κ3) is 4.00. The molecule has 1 saturated heterocycles. The van der Waals surface area contributed by atoms with Gasteiger partial charge in [-0.2, -0.15) is 8.78 Å². The van der Waals surface area contributed by atoms with Crippen LogP contribution in [0.4, 0.5) is 18.9 Å². The van der Waals surface area contributed by atoms with E-state index in [9.17, 15) is 13.2 Å². The molecule has 3 heterocycles. The molecule has 4 rings (SSSR count). The van der Waals surface area contributed by atoms with E-state index < -0.39 is 18.2 Å². The van der Waals surface area contributed by atoms with E-state index in [2.05, 4.69) is 24.9 Å². The molecule has 1 fully saturated rings. The molecule has 0 N–H and O–H groups in total. The van der Waals surface area contributed by atoms with Crippen molar-refractivity contribution in [3.05, 3.63) is 54.2 Å². The maximum absolute atomic E-state index is 13.5. The monoisotopic (exact) mass is 391 g/mol. The molecule has 0 aliphatic carbocycles. The average Bonchev–Trinajstić information content (AvgIpc) is 3.09. The molecule has 10 heteroatoms. The molecule has 0 bridgehead atoms. The Labute approximate surface area is 158 Å². The van der Waals surface area contributed by atoms with E-state index in [1.165, 1.54) is 17.2 Å². The van der Waals surface area contributed by atoms with Crippen LogP contribution in [0.25, 0.3) is 5.69 Å². The number of nitrogens with zero attached hydrogens (tertiary/aromatic N) is 5. The van der Waals surface area contributed by atoms with Gasteiger partial charge in [0.15, 0.2) is 11.6 Å². The number of aromatic nitrogens is 4. The van der Waals surface area contributed by atoms with Crippen molar-refractivity contribution in [2.75, 3.05) is 18.0 Å². The van der Waals surface area contributed by atoms with Crippen LogP contribution in [0.2, 0.25) is 0 Å². The predicted molar refractivity (Wildman–Crippen MR) is 93.3 cm³/mol. The molecule has 3 aromatic rings. The first-order valence-corrected chi connectivity index (χ1v) is 8.58. The van der Waals surface area contributed by atoms with E-state index in [-0.39, 0.29) is 6.61 Å². The minimum Gasteiger partial charge on any atom is -0.471 e. The van der Waals surface area contributed by atoms with Crippen LogP contribution in [0.1, 0.15) is 12.1 Å². The van der Waals surface area contributed by atoms with E-state index in [1.807, 2.05) is 12.1 Å². The number of pyridine rings is 1. The van der Waals surface area contributed by atoms with Crippen molar-refractivity contribution in [3.63, 3.8) is 0 Å². The van der Waals surface area contributed by atoms with Gasteiger partial charge in [0.1, 0.15) is 12.3 Å². The lowest BCUT2D eigenvalue weighted by atomic mass is 10.2. The number of halogens is 3. The summed E-state index contributed by atoms with van der Waals surface area (Å²) in [7, 11) is 0. The van der Waals surface area contributed by atoms with Crippen LogP contribution in [-0.4, -0.2) is 39.7 Å². The highest BCUT2D eigenvalue weighted by atomic mass is 19.3. The summed E-state index contributed by atoms with van der Waals surface area (Å²) >= 11 is 0. The Morgan fingerprint density at radius 2 is 1.96 bits per heavy atom. The molecule has 1 aliphatic heterocycles. The largest absolute Gasteiger partial charge is 0.471 e. The van der Waals surface area contributed by atoms with Crippen LogP contribution in [0.3, 0.4) is 0 Å². The van der Waals surface area contributed by atoms with Gasteiger partial charge in [-0.1, -0.05) is 5.21 Å². The summed E-state index contributed by atoms with van der Waals surface area (Å²) in [5.41, 5.74) is 1.88. The minimum absolute atomic E-state index is 0.123. The summed E-state index contributed by atoms with van der Waals surface area (Å²) in [6.07, 6.45) is 4.41. The number of anilines is 1. The zero-order chi connectivity index (χ0) is 19.5. The summed E-state index contributed by atoms with van der Waals surface area (Å²) in [6.45, 7) is -0.957. The third-order valence-electron chi connectivity index (χ3n) is 4.24. The van der Waals surface area contributed by atoms with Crippen LogP contribution in [0.15, 0.2) is 42.7 Å². The number of ether oxygens (including phenoxy) is 2. The Hall–Kier alpha value is -3.30. The van der Waals surface area contributed by atoms with Crippen LogP contribution in [-0.2, 0) is 6.61 Å². The average molecular weight is 391 g/mol. The second kappa shape index (κ2) is 7.75. The van der Waals surface area contributed by atoms with E-state index in [0.717, 1.165) is 30.9 Å². The maximum atomic E-state index is 13.5. The maximum Gasteiger partial charge on any atom is 0.387 e. The number of rotatable bonds is 7. The SMILES string of the molecule is Fc1ccc(-n2cc(COc3cc(N4CCC4)ccn3)nn2)cc1OC(F)F. The first-order chi connectivity index (χ1) is 13.6. The highest BCUT2D eigenvalue weighted by Gasteiger charge is 2.15. The van der Waals surface area contributed by atoms with Gasteiger partial charge in [0.05, 0.1) is 11.9 Å². The van der Waals surface area contributed by atoms with Gasteiger partial charge < -0.3 is 14.4 Å². The van der Waals surface area contributed by atoms with Crippen molar-refractivity contribution in [2.45, 2.75) is 19.6 Å². The first kappa shape index (κ1) is 18.1. The predicted octanol–water partition coefficient (Wildman–Crippen LogP) is 3.19. The quantitative estimate of drug-likeness (QED) is 0.616. The Morgan fingerprint density at radius 1 is 1.11 bits per heavy atom. The lowest BCUT2D eigenvalue weighted by molar-refractivity contribution is -0.0521. The lowest BCUT2D eigenvalue weighted by Gasteiger charge is -2.33. The molecular formula is C18H16F3N5O2. The zero-order valence-electron chi connectivity index (χ0n) is 14.6. The second-order valence-electron chi connectivity index (χ2n) is 6.13. The van der Waals surface area contributed by atoms with Gasteiger partial charge >= 0.3 is 6.61 Å². The van der Waals surface area contributed by atoms with Crippen molar-refractivity contribution >= 4 is 5.69 Å². The van der Waals surface area contributed by atoms with Crippen molar-refractivity contribution in [1.29, 1.82) is 0 Å². The fourth-order valence-corrected chi connectivity index (χ4v) is 2.71. The molecular weight excluding hydrogens is 375 g/mol. The Morgan fingerprint density at radius 3 is 2.71 bits per heavy atom. The van der Waals surface area contributed by atoms with Crippen LogP contribution in [0.5, 0.6) is 11.6 Å². The van der Waals surface area contributed by atoms with Gasteiger partial charge in [-0.3, -0.25) is 0 Å². The standard InChI is InChI=1S/C18H16F3N5O2/c19-15-3-2-14(8-16(15)28-18(20)21)26-10-12(23-24-26)11-27-17-9-13(4-5-22-17)25-6-1-7-25/h2-5,8-10,18H,1,6-7,11H2. The molecule has 7 nitrogen and oxygen atoms in total. The molecule has 146 valence electrons. The molecule has 0 saturated carbocycles. The van der Waals surface area contributed by atoms with Gasteiger partial charge in [0, 0.05) is 37.1 Å². The molecule has 0 unspecified atom stereocenters.